The molecule has 1 fully saturated rings. The minimum atomic E-state index is -0.285. The minimum Gasteiger partial charge on any atom is -0.381 e. The average Bonchev–Trinajstić information content (AvgIpc) is 2.44. The second-order valence-electron chi connectivity index (χ2n) is 5.75. The van der Waals surface area contributed by atoms with Crippen molar-refractivity contribution in [3.8, 4) is 0 Å². The van der Waals surface area contributed by atoms with E-state index in [4.69, 9.17) is 10.5 Å². The number of amides is 1. The Kier molecular flexibility index (Phi) is 4.78. The zero-order chi connectivity index (χ0) is 14.6. The molecular formula is C16H24N2O2. The predicted octanol–water partition coefficient (Wildman–Crippen LogP) is 1.47. The molecule has 1 aromatic rings. The maximum Gasteiger partial charge on any atom is 0.224 e. The van der Waals surface area contributed by atoms with Gasteiger partial charge in [-0.15, -0.1) is 0 Å². The number of aryl methyl sites for hydroxylation is 2. The van der Waals surface area contributed by atoms with Crippen molar-refractivity contribution in [2.24, 2.45) is 5.73 Å². The quantitative estimate of drug-likeness (QED) is 0.875. The highest BCUT2D eigenvalue weighted by molar-refractivity contribution is 5.79. The molecule has 4 heteroatoms. The van der Waals surface area contributed by atoms with Crippen molar-refractivity contribution in [1.29, 1.82) is 0 Å². The molecule has 0 spiro atoms. The highest BCUT2D eigenvalue weighted by Crippen LogP contribution is 2.20. The Morgan fingerprint density at radius 3 is 2.70 bits per heavy atom. The van der Waals surface area contributed by atoms with Gasteiger partial charge >= 0.3 is 0 Å². The smallest absolute Gasteiger partial charge is 0.224 e. The molecule has 1 heterocycles. The fourth-order valence-electron chi connectivity index (χ4n) is 2.65. The third kappa shape index (κ3) is 3.58. The van der Waals surface area contributed by atoms with Crippen LogP contribution in [0.2, 0.25) is 0 Å². The van der Waals surface area contributed by atoms with Crippen LogP contribution in [0, 0.1) is 13.8 Å². The topological polar surface area (TPSA) is 64.4 Å². The first-order valence-corrected chi connectivity index (χ1v) is 7.20. The maximum absolute atomic E-state index is 12.3. The van der Waals surface area contributed by atoms with E-state index in [1.54, 1.807) is 0 Å². The molecule has 0 radical (unpaired) electrons. The summed E-state index contributed by atoms with van der Waals surface area (Å²) in [5, 5.41) is 3.13. The number of nitrogens with one attached hydrogen (secondary N) is 1. The summed E-state index contributed by atoms with van der Waals surface area (Å²) in [6.45, 7) is 5.88. The number of nitrogens with two attached hydrogens (primary N) is 1. The third-order valence-electron chi connectivity index (χ3n) is 4.10. The number of hydrogen-bond acceptors (Lipinski definition) is 3. The molecule has 20 heavy (non-hydrogen) atoms. The molecule has 110 valence electrons. The fourth-order valence-corrected chi connectivity index (χ4v) is 2.65. The lowest BCUT2D eigenvalue weighted by Gasteiger charge is -2.37. The molecule has 3 N–H and O–H groups in total. The Morgan fingerprint density at radius 2 is 2.05 bits per heavy atom. The van der Waals surface area contributed by atoms with Gasteiger partial charge in [-0.05, 0) is 37.8 Å². The van der Waals surface area contributed by atoms with Gasteiger partial charge in [-0.3, -0.25) is 4.79 Å². The van der Waals surface area contributed by atoms with Crippen molar-refractivity contribution in [2.75, 3.05) is 19.8 Å². The van der Waals surface area contributed by atoms with E-state index in [9.17, 15) is 4.79 Å². The maximum atomic E-state index is 12.3. The van der Waals surface area contributed by atoms with E-state index >= 15 is 0 Å². The van der Waals surface area contributed by atoms with Gasteiger partial charge in [-0.2, -0.15) is 0 Å². The standard InChI is InChI=1S/C16H24N2O2/c1-12-3-4-13(2)14(9-12)10-15(19)18-16(11-17)5-7-20-8-6-16/h3-4,9H,5-8,10-11,17H2,1-2H3,(H,18,19). The lowest BCUT2D eigenvalue weighted by atomic mass is 9.89. The number of carbonyl (C=O) groups is 1. The SMILES string of the molecule is Cc1ccc(C)c(CC(=O)NC2(CN)CCOCC2)c1. The van der Waals surface area contributed by atoms with E-state index in [1.807, 2.05) is 13.8 Å². The fraction of sp³-hybridized carbons (Fsp3) is 0.562. The Bertz CT molecular complexity index is 479. The molecule has 1 amide bonds. The summed E-state index contributed by atoms with van der Waals surface area (Å²) in [6.07, 6.45) is 2.00. The third-order valence-corrected chi connectivity index (χ3v) is 4.10. The van der Waals surface area contributed by atoms with Crippen LogP contribution in [0.5, 0.6) is 0 Å². The molecule has 0 aliphatic carbocycles. The molecule has 1 saturated heterocycles. The molecule has 0 bridgehead atoms. The normalized spacial score (nSPS) is 17.8. The van der Waals surface area contributed by atoms with Crippen LogP contribution in [0.25, 0.3) is 0 Å². The first-order valence-electron chi connectivity index (χ1n) is 7.20. The zero-order valence-corrected chi connectivity index (χ0v) is 12.4. The second kappa shape index (κ2) is 6.37. The Morgan fingerprint density at radius 1 is 1.35 bits per heavy atom. The first-order chi connectivity index (χ1) is 9.54. The van der Waals surface area contributed by atoms with Gasteiger partial charge in [0, 0.05) is 19.8 Å². The molecule has 2 rings (SSSR count). The number of carbonyl (C=O) groups excluding carboxylic acids is 1. The monoisotopic (exact) mass is 276 g/mol. The summed E-state index contributed by atoms with van der Waals surface area (Å²) in [4.78, 5) is 12.3. The van der Waals surface area contributed by atoms with E-state index in [-0.39, 0.29) is 11.4 Å². The highest BCUT2D eigenvalue weighted by Gasteiger charge is 2.32. The lowest BCUT2D eigenvalue weighted by molar-refractivity contribution is -0.123. The van der Waals surface area contributed by atoms with Crippen molar-refractivity contribution in [3.05, 3.63) is 34.9 Å². The van der Waals surface area contributed by atoms with Gasteiger partial charge in [0.2, 0.25) is 5.91 Å². The van der Waals surface area contributed by atoms with E-state index in [1.165, 1.54) is 5.56 Å². The van der Waals surface area contributed by atoms with Crippen LogP contribution in [0.3, 0.4) is 0 Å². The summed E-state index contributed by atoms with van der Waals surface area (Å²) in [7, 11) is 0. The molecule has 1 aliphatic heterocycles. The molecule has 4 nitrogen and oxygen atoms in total. The Labute approximate surface area is 120 Å². The number of benzene rings is 1. The van der Waals surface area contributed by atoms with Crippen LogP contribution in [0.4, 0.5) is 0 Å². The van der Waals surface area contributed by atoms with Crippen LogP contribution in [0.1, 0.15) is 29.5 Å². The second-order valence-corrected chi connectivity index (χ2v) is 5.75. The van der Waals surface area contributed by atoms with Gasteiger partial charge in [0.05, 0.1) is 12.0 Å². The molecule has 0 unspecified atom stereocenters. The number of hydrogen-bond donors (Lipinski definition) is 2. The van der Waals surface area contributed by atoms with Crippen molar-refractivity contribution in [3.63, 3.8) is 0 Å². The number of rotatable bonds is 4. The summed E-state index contributed by atoms with van der Waals surface area (Å²) < 4.78 is 5.35. The van der Waals surface area contributed by atoms with Gasteiger partial charge in [0.15, 0.2) is 0 Å². The molecular weight excluding hydrogens is 252 g/mol. The molecule has 1 aromatic carbocycles. The van der Waals surface area contributed by atoms with E-state index in [0.717, 1.165) is 24.0 Å². The lowest BCUT2D eigenvalue weighted by Crippen LogP contribution is -2.57. The highest BCUT2D eigenvalue weighted by atomic mass is 16.5. The summed E-state index contributed by atoms with van der Waals surface area (Å²) >= 11 is 0. The Hall–Kier alpha value is -1.39. The largest absolute Gasteiger partial charge is 0.381 e. The predicted molar refractivity (Wildman–Crippen MR) is 79.6 cm³/mol. The number of ether oxygens (including phenoxy) is 1. The van der Waals surface area contributed by atoms with E-state index < -0.39 is 0 Å². The molecule has 0 saturated carbocycles. The molecule has 0 atom stereocenters. The van der Waals surface area contributed by atoms with Crippen LogP contribution >= 0.6 is 0 Å². The average molecular weight is 276 g/mol. The van der Waals surface area contributed by atoms with Crippen molar-refractivity contribution >= 4 is 5.91 Å². The van der Waals surface area contributed by atoms with Crippen molar-refractivity contribution in [1.82, 2.24) is 5.32 Å². The molecule has 1 aliphatic rings. The van der Waals surface area contributed by atoms with Gasteiger partial charge in [-0.25, -0.2) is 0 Å². The van der Waals surface area contributed by atoms with Crippen LogP contribution < -0.4 is 11.1 Å². The van der Waals surface area contributed by atoms with Gasteiger partial charge in [0.25, 0.3) is 0 Å². The van der Waals surface area contributed by atoms with Gasteiger partial charge < -0.3 is 15.8 Å². The van der Waals surface area contributed by atoms with Crippen LogP contribution in [-0.4, -0.2) is 31.2 Å². The van der Waals surface area contributed by atoms with Gasteiger partial charge in [-0.1, -0.05) is 23.8 Å². The van der Waals surface area contributed by atoms with Crippen molar-refractivity contribution < 1.29 is 9.53 Å². The van der Waals surface area contributed by atoms with Gasteiger partial charge in [0.1, 0.15) is 0 Å². The first kappa shape index (κ1) is 15.0. The van der Waals surface area contributed by atoms with Crippen LogP contribution in [0.15, 0.2) is 18.2 Å². The van der Waals surface area contributed by atoms with E-state index in [0.29, 0.717) is 26.2 Å². The summed E-state index contributed by atoms with van der Waals surface area (Å²) in [5.74, 6) is 0.0473. The molecule has 0 aromatic heterocycles. The summed E-state index contributed by atoms with van der Waals surface area (Å²) in [6, 6.07) is 6.20. The van der Waals surface area contributed by atoms with Crippen LogP contribution in [-0.2, 0) is 16.0 Å². The Balaban J connectivity index is 2.02. The zero-order valence-electron chi connectivity index (χ0n) is 12.4. The van der Waals surface area contributed by atoms with E-state index in [2.05, 4.69) is 23.5 Å². The minimum absolute atomic E-state index is 0.0473. The summed E-state index contributed by atoms with van der Waals surface area (Å²) in [5.41, 5.74) is 8.99. The van der Waals surface area contributed by atoms with Crippen molar-refractivity contribution in [2.45, 2.75) is 38.6 Å².